The zero-order chi connectivity index (χ0) is 13.2. The molecule has 0 radical (unpaired) electrons. The van der Waals surface area contributed by atoms with Crippen molar-refractivity contribution in [1.29, 1.82) is 0 Å². The van der Waals surface area contributed by atoms with Crippen molar-refractivity contribution >= 4 is 17.7 Å². The maximum atomic E-state index is 11.4. The molecule has 1 N–H and O–H groups in total. The van der Waals surface area contributed by atoms with Crippen molar-refractivity contribution in [3.8, 4) is 11.5 Å². The van der Waals surface area contributed by atoms with E-state index in [1.54, 1.807) is 24.3 Å². The summed E-state index contributed by atoms with van der Waals surface area (Å²) in [5, 5.41) is 8.60. The number of carbonyl (C=O) groups is 1. The maximum absolute atomic E-state index is 11.4. The molecule has 0 amide bonds. The molecule has 1 rings (SSSR count). The second-order valence-electron chi connectivity index (χ2n) is 3.51. The monoisotopic (exact) mass is 270 g/mol. The summed E-state index contributed by atoms with van der Waals surface area (Å²) in [7, 11) is 0. The molecule has 0 bridgehead atoms. The molecule has 1 aromatic carbocycles. The summed E-state index contributed by atoms with van der Waals surface area (Å²) in [5.41, 5.74) is 0. The van der Waals surface area contributed by atoms with Crippen LogP contribution in [-0.2, 0) is 4.79 Å². The van der Waals surface area contributed by atoms with E-state index in [-0.39, 0.29) is 12.6 Å². The molecule has 0 aliphatic heterocycles. The third-order valence-corrected chi connectivity index (χ3v) is 3.05. The molecule has 0 saturated carbocycles. The number of rotatable bonds is 8. The number of hydrogen-bond donors (Lipinski definition) is 1. The van der Waals surface area contributed by atoms with Gasteiger partial charge in [0.2, 0.25) is 0 Å². The van der Waals surface area contributed by atoms with Gasteiger partial charge in [-0.05, 0) is 43.4 Å². The van der Waals surface area contributed by atoms with E-state index in [0.29, 0.717) is 24.5 Å². The van der Waals surface area contributed by atoms with Gasteiger partial charge in [0.25, 0.3) is 0 Å². The first-order chi connectivity index (χ1) is 8.76. The minimum Gasteiger partial charge on any atom is -0.494 e. The molecule has 0 aromatic heterocycles. The van der Waals surface area contributed by atoms with Crippen molar-refractivity contribution in [2.75, 3.05) is 24.7 Å². The zero-order valence-electron chi connectivity index (χ0n) is 10.4. The van der Waals surface area contributed by atoms with Crippen LogP contribution < -0.4 is 9.47 Å². The molecule has 0 fully saturated rings. The SMILES string of the molecule is CCOc1ccc(OC(=O)CSCCCO)cc1. The number of aliphatic hydroxyl groups excluding tert-OH is 1. The number of aliphatic hydroxyl groups is 1. The highest BCUT2D eigenvalue weighted by atomic mass is 32.2. The van der Waals surface area contributed by atoms with Gasteiger partial charge in [-0.15, -0.1) is 0 Å². The van der Waals surface area contributed by atoms with E-state index < -0.39 is 0 Å². The Bertz CT molecular complexity index is 351. The summed E-state index contributed by atoms with van der Waals surface area (Å²) in [6, 6.07) is 6.96. The van der Waals surface area contributed by atoms with Crippen LogP contribution in [0.2, 0.25) is 0 Å². The Balaban J connectivity index is 2.30. The van der Waals surface area contributed by atoms with Crippen LogP contribution in [-0.4, -0.2) is 35.8 Å². The number of hydrogen-bond acceptors (Lipinski definition) is 5. The number of ether oxygens (including phenoxy) is 2. The first-order valence-electron chi connectivity index (χ1n) is 5.88. The molecule has 0 saturated heterocycles. The second-order valence-corrected chi connectivity index (χ2v) is 4.61. The smallest absolute Gasteiger partial charge is 0.321 e. The quantitative estimate of drug-likeness (QED) is 0.445. The molecule has 4 nitrogen and oxygen atoms in total. The lowest BCUT2D eigenvalue weighted by molar-refractivity contribution is -0.131. The van der Waals surface area contributed by atoms with Crippen LogP contribution in [0.3, 0.4) is 0 Å². The van der Waals surface area contributed by atoms with Crippen LogP contribution in [0.15, 0.2) is 24.3 Å². The van der Waals surface area contributed by atoms with Gasteiger partial charge in [0, 0.05) is 6.61 Å². The summed E-state index contributed by atoms with van der Waals surface area (Å²) in [4.78, 5) is 11.4. The minimum atomic E-state index is -0.276. The van der Waals surface area contributed by atoms with Crippen LogP contribution in [0.25, 0.3) is 0 Å². The highest BCUT2D eigenvalue weighted by Gasteiger charge is 2.05. The second kappa shape index (κ2) is 8.83. The molecule has 100 valence electrons. The normalized spacial score (nSPS) is 10.1. The molecule has 18 heavy (non-hydrogen) atoms. The lowest BCUT2D eigenvalue weighted by Gasteiger charge is -2.06. The van der Waals surface area contributed by atoms with Crippen molar-refractivity contribution in [1.82, 2.24) is 0 Å². The topological polar surface area (TPSA) is 55.8 Å². The largest absolute Gasteiger partial charge is 0.494 e. The van der Waals surface area contributed by atoms with Gasteiger partial charge < -0.3 is 14.6 Å². The van der Waals surface area contributed by atoms with Crippen LogP contribution in [0, 0.1) is 0 Å². The number of carbonyl (C=O) groups excluding carboxylic acids is 1. The highest BCUT2D eigenvalue weighted by molar-refractivity contribution is 7.99. The third kappa shape index (κ3) is 5.93. The van der Waals surface area contributed by atoms with Gasteiger partial charge in [0.15, 0.2) is 0 Å². The van der Waals surface area contributed by atoms with Crippen molar-refractivity contribution in [3.63, 3.8) is 0 Å². The van der Waals surface area contributed by atoms with Gasteiger partial charge in [0.05, 0.1) is 12.4 Å². The molecule has 1 aromatic rings. The summed E-state index contributed by atoms with van der Waals surface area (Å²) in [6.07, 6.45) is 0.695. The molecule has 0 heterocycles. The van der Waals surface area contributed by atoms with Crippen molar-refractivity contribution in [2.24, 2.45) is 0 Å². The van der Waals surface area contributed by atoms with Crippen LogP contribution in [0.1, 0.15) is 13.3 Å². The maximum Gasteiger partial charge on any atom is 0.321 e. The Kier molecular flexibility index (Phi) is 7.29. The van der Waals surface area contributed by atoms with Crippen LogP contribution in [0.5, 0.6) is 11.5 Å². The summed E-state index contributed by atoms with van der Waals surface area (Å²) in [5.74, 6) is 2.06. The zero-order valence-corrected chi connectivity index (χ0v) is 11.2. The van der Waals surface area contributed by atoms with E-state index in [9.17, 15) is 4.79 Å². The first-order valence-corrected chi connectivity index (χ1v) is 7.04. The lowest BCUT2D eigenvalue weighted by Crippen LogP contribution is -2.11. The Labute approximate surface area is 111 Å². The van der Waals surface area contributed by atoms with Gasteiger partial charge in [-0.25, -0.2) is 0 Å². The van der Waals surface area contributed by atoms with Gasteiger partial charge in [-0.2, -0.15) is 11.8 Å². The van der Waals surface area contributed by atoms with Crippen molar-refractivity contribution in [2.45, 2.75) is 13.3 Å². The average molecular weight is 270 g/mol. The molecular formula is C13H18O4S. The van der Waals surface area contributed by atoms with E-state index in [1.807, 2.05) is 6.92 Å². The molecule has 0 unspecified atom stereocenters. The van der Waals surface area contributed by atoms with E-state index >= 15 is 0 Å². The lowest BCUT2D eigenvalue weighted by atomic mass is 10.3. The minimum absolute atomic E-state index is 0.154. The van der Waals surface area contributed by atoms with E-state index in [4.69, 9.17) is 14.6 Å². The fourth-order valence-corrected chi connectivity index (χ4v) is 1.96. The van der Waals surface area contributed by atoms with Gasteiger partial charge in [0.1, 0.15) is 11.5 Å². The molecule has 5 heteroatoms. The Hall–Kier alpha value is -1.20. The third-order valence-electron chi connectivity index (χ3n) is 2.03. The fourth-order valence-electron chi connectivity index (χ4n) is 1.25. The van der Waals surface area contributed by atoms with Crippen LogP contribution in [0.4, 0.5) is 0 Å². The summed E-state index contributed by atoms with van der Waals surface area (Å²) in [6.45, 7) is 2.68. The number of benzene rings is 1. The average Bonchev–Trinajstić information content (AvgIpc) is 2.37. The number of thioether (sulfide) groups is 1. The molecular weight excluding hydrogens is 252 g/mol. The standard InChI is InChI=1S/C13H18O4S/c1-2-16-11-4-6-12(7-5-11)17-13(15)10-18-9-3-8-14/h4-7,14H,2-3,8-10H2,1H3. The summed E-state index contributed by atoms with van der Waals surface area (Å²) < 4.78 is 10.4. The van der Waals surface area contributed by atoms with E-state index in [0.717, 1.165) is 11.5 Å². The van der Waals surface area contributed by atoms with E-state index in [1.165, 1.54) is 11.8 Å². The van der Waals surface area contributed by atoms with Gasteiger partial charge in [-0.3, -0.25) is 4.79 Å². The first kappa shape index (κ1) is 14.9. The Morgan fingerprint density at radius 2 is 1.94 bits per heavy atom. The van der Waals surface area contributed by atoms with Crippen LogP contribution >= 0.6 is 11.8 Å². The van der Waals surface area contributed by atoms with Gasteiger partial charge >= 0.3 is 5.97 Å². The number of esters is 1. The Morgan fingerprint density at radius 3 is 2.56 bits per heavy atom. The molecule has 0 spiro atoms. The summed E-state index contributed by atoms with van der Waals surface area (Å²) >= 11 is 1.46. The predicted molar refractivity (Wildman–Crippen MR) is 72.3 cm³/mol. The highest BCUT2D eigenvalue weighted by Crippen LogP contribution is 2.18. The molecule has 0 atom stereocenters. The van der Waals surface area contributed by atoms with Crippen molar-refractivity contribution in [3.05, 3.63) is 24.3 Å². The fraction of sp³-hybridized carbons (Fsp3) is 0.462. The van der Waals surface area contributed by atoms with E-state index in [2.05, 4.69) is 0 Å². The molecule has 0 aliphatic rings. The Morgan fingerprint density at radius 1 is 1.28 bits per heavy atom. The molecule has 0 aliphatic carbocycles. The van der Waals surface area contributed by atoms with Gasteiger partial charge in [-0.1, -0.05) is 0 Å². The predicted octanol–water partition coefficient (Wildman–Crippen LogP) is 2.11. The van der Waals surface area contributed by atoms with Crippen molar-refractivity contribution < 1.29 is 19.4 Å².